The highest BCUT2D eigenvalue weighted by molar-refractivity contribution is 5.97. The van der Waals surface area contributed by atoms with Gasteiger partial charge >= 0.3 is 0 Å². The van der Waals surface area contributed by atoms with Gasteiger partial charge in [0, 0.05) is 19.4 Å². The van der Waals surface area contributed by atoms with Gasteiger partial charge < -0.3 is 97.2 Å². The second kappa shape index (κ2) is 39.9. The number of nitrogens with two attached hydrogens (primary N) is 5. The maximum Gasteiger partial charge on any atom is 0.245 e. The zero-order chi connectivity index (χ0) is 62.0. The predicted octanol–water partition coefficient (Wildman–Crippen LogP) is -6.09. The van der Waals surface area contributed by atoms with Crippen LogP contribution >= 0.6 is 0 Å². The third kappa shape index (κ3) is 26.8. The van der Waals surface area contributed by atoms with E-state index in [1.54, 1.807) is 44.2 Å². The Bertz CT molecular complexity index is 2200. The summed E-state index contributed by atoms with van der Waals surface area (Å²) in [4.78, 5) is 139. The van der Waals surface area contributed by atoms with E-state index in [1.165, 1.54) is 6.92 Å². The number of rotatable bonds is 29. The number of aliphatic hydroxyl groups is 3. The first-order valence-corrected chi connectivity index (χ1v) is 28.8. The van der Waals surface area contributed by atoms with Gasteiger partial charge in [0.05, 0.1) is 24.8 Å². The maximum atomic E-state index is 14.4. The van der Waals surface area contributed by atoms with Crippen molar-refractivity contribution in [2.45, 2.75) is 190 Å². The molecule has 0 spiro atoms. The number of amides is 10. The average molecular weight is 1180 g/mol. The number of hydrogen-bond acceptors (Lipinski definition) is 19. The van der Waals surface area contributed by atoms with Crippen LogP contribution in [0.5, 0.6) is 0 Å². The Morgan fingerprint density at radius 2 is 1.10 bits per heavy atom. The highest BCUT2D eigenvalue weighted by Crippen LogP contribution is 2.12. The molecular weight excluding hydrogens is 1080 g/mol. The second-order valence-corrected chi connectivity index (χ2v) is 21.1. The minimum Gasteiger partial charge on any atom is -0.394 e. The topological polar surface area (TPSA) is 494 Å². The molecule has 29 nitrogen and oxygen atoms in total. The Morgan fingerprint density at radius 3 is 1.65 bits per heavy atom. The van der Waals surface area contributed by atoms with Crippen LogP contribution in [0, 0.1) is 5.92 Å². The zero-order valence-electron chi connectivity index (χ0n) is 48.6. The van der Waals surface area contributed by atoms with Crippen molar-refractivity contribution in [1.82, 2.24) is 58.5 Å². The van der Waals surface area contributed by atoms with Gasteiger partial charge in [-0.2, -0.15) is 0 Å². The molecule has 83 heavy (non-hydrogen) atoms. The minimum atomic E-state index is -1.89. The molecule has 2 rings (SSSR count). The number of aliphatic hydroxyl groups excluding tert-OH is 3. The third-order valence-corrected chi connectivity index (χ3v) is 13.6. The molecule has 0 radical (unpaired) electrons. The molecule has 12 atom stereocenters. The molecular formula is C54H96N16O13. The Kier molecular flexibility index (Phi) is 35.0. The molecule has 0 saturated carbocycles. The van der Waals surface area contributed by atoms with Crippen molar-refractivity contribution in [2.24, 2.45) is 34.6 Å². The first-order valence-electron chi connectivity index (χ1n) is 28.8. The molecule has 1 aliphatic heterocycles. The lowest BCUT2D eigenvalue weighted by Gasteiger charge is -2.31. The SMILES string of the molecule is CCCCCCCC(=O)N[C@@H](CCN)C(=O)N[C@@H](CO)C(=O)N[C@@H](CCN)C(=O)N[C@H]1CCNC(=O)[C@H]([C@@H](C)O)NC(=O)[C@H](CCN)NC(=O)[C@H](CCN)NC(=O)[C@H](CC(C)C)NC(=O)[C@@H](Cc2ccccc2)NC(=O)[C@H](CCN)NC1O. The fourth-order valence-corrected chi connectivity index (χ4v) is 8.98. The Labute approximate surface area is 486 Å². The van der Waals surface area contributed by atoms with Crippen LogP contribution in [0.25, 0.3) is 0 Å². The van der Waals surface area contributed by atoms with Crippen molar-refractivity contribution in [2.75, 3.05) is 45.9 Å². The predicted molar refractivity (Wildman–Crippen MR) is 308 cm³/mol. The number of nitrogens with one attached hydrogen (secondary N) is 11. The summed E-state index contributed by atoms with van der Waals surface area (Å²) in [5, 5.41) is 61.5. The van der Waals surface area contributed by atoms with Crippen LogP contribution in [0.2, 0.25) is 0 Å². The fraction of sp³-hybridized carbons (Fsp3) is 0.704. The summed E-state index contributed by atoms with van der Waals surface area (Å²) in [6, 6.07) is -5.64. The molecule has 1 aromatic rings. The number of benzene rings is 1. The molecule has 10 amide bonds. The molecule has 470 valence electrons. The first kappa shape index (κ1) is 72.7. The largest absolute Gasteiger partial charge is 0.394 e. The van der Waals surface area contributed by atoms with Crippen LogP contribution in [0.15, 0.2) is 30.3 Å². The van der Waals surface area contributed by atoms with Gasteiger partial charge in [-0.1, -0.05) is 76.8 Å². The zero-order valence-corrected chi connectivity index (χ0v) is 48.6. The van der Waals surface area contributed by atoms with Gasteiger partial charge in [-0.15, -0.1) is 0 Å². The van der Waals surface area contributed by atoms with Crippen LogP contribution in [-0.2, 0) is 54.4 Å². The van der Waals surface area contributed by atoms with Gasteiger partial charge in [-0.3, -0.25) is 53.3 Å². The molecule has 1 heterocycles. The minimum absolute atomic E-state index is 0.000533. The molecule has 0 bridgehead atoms. The summed E-state index contributed by atoms with van der Waals surface area (Å²) < 4.78 is 0. The standard InChI is InChI=1S/C54H96N16O13/c1-5-6-7-8-12-15-43(73)61-34(16-22-55)45(74)69-42(30-71)53(82)65-36(18-24-57)47(76)66-39-21-27-60-54(83)44(32(4)72)70-50(79)38(20-26-59)63-46(75)35(17-23-56)64-51(80)40(28-31(2)3)67-52(81)41(29-33-13-10-9-11-14-33)68-48(77)37(19-25-58)62-49(39)78/h9-11,13-14,31-32,34-42,44,49,62,71-72,78H,5-8,12,15-30,55-59H2,1-4H3,(H,60,83)(H,61,73)(H,63,75)(H,64,80)(H,65,82)(H,66,76)(H,67,81)(H,68,77)(H,69,74)(H,70,79)/t32-,34+,35+,36+,37+,38+,39+,40+,41-,42+,44+,49?/m1/s1. The molecule has 1 aliphatic rings. The maximum absolute atomic E-state index is 14.4. The molecule has 29 heteroatoms. The molecule has 0 aromatic heterocycles. The van der Waals surface area contributed by atoms with Crippen molar-refractivity contribution in [1.29, 1.82) is 0 Å². The average Bonchev–Trinajstić information content (AvgIpc) is 3.53. The van der Waals surface area contributed by atoms with E-state index in [9.17, 15) is 63.3 Å². The van der Waals surface area contributed by atoms with Crippen molar-refractivity contribution in [3.8, 4) is 0 Å². The van der Waals surface area contributed by atoms with Gasteiger partial charge in [0.15, 0.2) is 0 Å². The monoisotopic (exact) mass is 1180 g/mol. The van der Waals surface area contributed by atoms with Crippen LogP contribution in [0.4, 0.5) is 0 Å². The van der Waals surface area contributed by atoms with Gasteiger partial charge in [0.1, 0.15) is 54.6 Å². The second-order valence-electron chi connectivity index (χ2n) is 21.1. The normalized spacial score (nSPS) is 23.3. The highest BCUT2D eigenvalue weighted by Gasteiger charge is 2.37. The third-order valence-electron chi connectivity index (χ3n) is 13.6. The van der Waals surface area contributed by atoms with Crippen LogP contribution < -0.4 is 87.2 Å². The lowest BCUT2D eigenvalue weighted by atomic mass is 10.00. The quantitative estimate of drug-likeness (QED) is 0.0332. The van der Waals surface area contributed by atoms with Gasteiger partial charge in [-0.05, 0) is 102 Å². The first-order chi connectivity index (χ1) is 39.6. The van der Waals surface area contributed by atoms with E-state index in [0.717, 1.165) is 25.7 Å². The van der Waals surface area contributed by atoms with Gasteiger partial charge in [0.25, 0.3) is 0 Å². The summed E-state index contributed by atoms with van der Waals surface area (Å²) in [5.41, 5.74) is 29.9. The molecule has 1 unspecified atom stereocenters. The molecule has 0 aliphatic carbocycles. The Hall–Kier alpha value is -6.44. The summed E-state index contributed by atoms with van der Waals surface area (Å²) in [7, 11) is 0. The molecule has 24 N–H and O–H groups in total. The Morgan fingerprint density at radius 1 is 0.602 bits per heavy atom. The number of hydrogen-bond donors (Lipinski definition) is 19. The van der Waals surface area contributed by atoms with Gasteiger partial charge in [-0.25, -0.2) is 0 Å². The van der Waals surface area contributed by atoms with Crippen molar-refractivity contribution in [3.05, 3.63) is 35.9 Å². The Balaban J connectivity index is 2.65. The van der Waals surface area contributed by atoms with Crippen LogP contribution in [-0.4, -0.2) is 193 Å². The number of carbonyl (C=O) groups is 10. The lowest BCUT2D eigenvalue weighted by Crippen LogP contribution is -2.62. The van der Waals surface area contributed by atoms with Crippen molar-refractivity contribution >= 4 is 59.1 Å². The summed E-state index contributed by atoms with van der Waals surface area (Å²) in [6.07, 6.45) is 0.0363. The number of carbonyl (C=O) groups excluding carboxylic acids is 10. The lowest BCUT2D eigenvalue weighted by molar-refractivity contribution is -0.136. The summed E-state index contributed by atoms with van der Waals surface area (Å²) in [5.74, 6) is -8.63. The van der Waals surface area contributed by atoms with Crippen molar-refractivity contribution < 1.29 is 63.3 Å². The van der Waals surface area contributed by atoms with E-state index in [0.29, 0.717) is 12.0 Å². The number of unbranched alkanes of at least 4 members (excludes halogenated alkanes) is 4. The van der Waals surface area contributed by atoms with Crippen LogP contribution in [0.3, 0.4) is 0 Å². The molecule has 1 aromatic carbocycles. The van der Waals surface area contributed by atoms with E-state index in [4.69, 9.17) is 28.7 Å². The molecule has 1 saturated heterocycles. The summed E-state index contributed by atoms with van der Waals surface area (Å²) in [6.45, 7) is 4.91. The van der Waals surface area contributed by atoms with E-state index >= 15 is 0 Å². The summed E-state index contributed by atoms with van der Waals surface area (Å²) >= 11 is 0. The van der Waals surface area contributed by atoms with E-state index in [-0.39, 0.29) is 96.4 Å². The van der Waals surface area contributed by atoms with Crippen molar-refractivity contribution in [3.63, 3.8) is 0 Å². The van der Waals surface area contributed by atoms with Gasteiger partial charge in [0.2, 0.25) is 59.1 Å². The highest BCUT2D eigenvalue weighted by atomic mass is 16.3. The van der Waals surface area contributed by atoms with E-state index < -0.39 is 145 Å². The smallest absolute Gasteiger partial charge is 0.245 e. The van der Waals surface area contributed by atoms with Crippen LogP contribution in [0.1, 0.15) is 117 Å². The fourth-order valence-electron chi connectivity index (χ4n) is 8.98. The van der Waals surface area contributed by atoms with E-state index in [1.807, 2.05) is 0 Å². The molecule has 1 fully saturated rings. The van der Waals surface area contributed by atoms with E-state index in [2.05, 4.69) is 65.4 Å².